The third-order valence-electron chi connectivity index (χ3n) is 5.30. The number of hydrogen-bond donors (Lipinski definition) is 4. The number of nitrogens with two attached hydrogens (primary N) is 1. The summed E-state index contributed by atoms with van der Waals surface area (Å²) >= 11 is 0. The van der Waals surface area contributed by atoms with Crippen molar-refractivity contribution in [2.45, 2.75) is 31.4 Å². The third-order valence-corrected chi connectivity index (χ3v) is 5.30. The summed E-state index contributed by atoms with van der Waals surface area (Å²) in [4.78, 5) is 23.5. The minimum Gasteiger partial charge on any atom is -0.396 e. The molecule has 32 heavy (non-hydrogen) atoms. The number of benzene rings is 1. The largest absolute Gasteiger partial charge is 0.396 e. The number of halogens is 1. The zero-order valence-electron chi connectivity index (χ0n) is 17.3. The van der Waals surface area contributed by atoms with Crippen LogP contribution in [0.5, 0.6) is 0 Å². The maximum atomic E-state index is 14.8. The van der Waals surface area contributed by atoms with E-state index in [1.807, 2.05) is 6.07 Å². The lowest BCUT2D eigenvalue weighted by atomic mass is 9.99. The fourth-order valence-electron chi connectivity index (χ4n) is 3.79. The molecule has 166 valence electrons. The van der Waals surface area contributed by atoms with Crippen molar-refractivity contribution in [2.75, 3.05) is 18.1 Å². The van der Waals surface area contributed by atoms with Crippen LogP contribution >= 0.6 is 0 Å². The molecule has 9 nitrogen and oxygen atoms in total. The van der Waals surface area contributed by atoms with Crippen LogP contribution in [-0.4, -0.2) is 45.8 Å². The van der Waals surface area contributed by atoms with Crippen molar-refractivity contribution in [1.29, 1.82) is 0 Å². The predicted molar refractivity (Wildman–Crippen MR) is 116 cm³/mol. The molecule has 2 aromatic heterocycles. The van der Waals surface area contributed by atoms with Gasteiger partial charge in [0.2, 0.25) is 0 Å². The fourth-order valence-corrected chi connectivity index (χ4v) is 3.79. The first-order chi connectivity index (χ1) is 15.5. The molecule has 4 rings (SSSR count). The van der Waals surface area contributed by atoms with Crippen molar-refractivity contribution in [3.05, 3.63) is 65.5 Å². The smallest absolute Gasteiger partial charge is 0.170 e. The van der Waals surface area contributed by atoms with Gasteiger partial charge < -0.3 is 20.9 Å². The molecule has 0 spiro atoms. The number of nitrogens with one attached hydrogen (secondary N) is 2. The first kappa shape index (κ1) is 21.8. The molecule has 1 fully saturated rings. The Hall–Kier alpha value is -3.47. The molecule has 3 unspecified atom stereocenters. The number of pyridine rings is 1. The second-order valence-corrected chi connectivity index (χ2v) is 7.37. The van der Waals surface area contributed by atoms with Gasteiger partial charge in [0.25, 0.3) is 0 Å². The Balaban J connectivity index is 1.64. The van der Waals surface area contributed by atoms with Gasteiger partial charge in [-0.1, -0.05) is 12.1 Å². The average molecular weight is 438 g/mol. The summed E-state index contributed by atoms with van der Waals surface area (Å²) in [5.74, 6) is -0.488. The highest BCUT2D eigenvalue weighted by molar-refractivity contribution is 5.81. The van der Waals surface area contributed by atoms with Gasteiger partial charge >= 0.3 is 0 Å². The molecule has 3 aromatic rings. The van der Waals surface area contributed by atoms with Gasteiger partial charge in [-0.3, -0.25) is 15.1 Å². The van der Waals surface area contributed by atoms with Crippen molar-refractivity contribution in [3.8, 4) is 11.4 Å². The number of ether oxygens (including phenoxy) is 1. The number of aliphatic hydroxyl groups excluding tert-OH is 1. The number of nitrogen functional groups attached to an aromatic ring is 1. The highest BCUT2D eigenvalue weighted by atomic mass is 19.1. The molecule has 3 heterocycles. The molecular weight excluding hydrogens is 415 g/mol. The number of carbonyl (C=O) groups excluding carboxylic acids is 1. The quantitative estimate of drug-likeness (QED) is 0.426. The number of hydrogen-bond acceptors (Lipinski definition) is 9. The Morgan fingerprint density at radius 3 is 3.00 bits per heavy atom. The Labute approximate surface area is 183 Å². The van der Waals surface area contributed by atoms with E-state index >= 15 is 0 Å². The number of anilines is 2. The Morgan fingerprint density at radius 1 is 1.38 bits per heavy atom. The van der Waals surface area contributed by atoms with Gasteiger partial charge in [-0.05, 0) is 17.7 Å². The third kappa shape index (κ3) is 4.42. The fraction of sp³-hybridized carbons (Fsp3) is 0.273. The van der Waals surface area contributed by atoms with Gasteiger partial charge in [-0.2, -0.15) is 0 Å². The Bertz CT molecular complexity index is 1130. The molecule has 0 saturated carbocycles. The molecular formula is C22H23FN6O3. The van der Waals surface area contributed by atoms with E-state index in [0.29, 0.717) is 18.3 Å². The van der Waals surface area contributed by atoms with E-state index in [-0.39, 0.29) is 29.2 Å². The number of aldehydes is 1. The van der Waals surface area contributed by atoms with Crippen LogP contribution in [0.4, 0.5) is 15.8 Å². The lowest BCUT2D eigenvalue weighted by Crippen LogP contribution is -2.47. The summed E-state index contributed by atoms with van der Waals surface area (Å²) in [5, 5.41) is 16.5. The Kier molecular flexibility index (Phi) is 6.35. The average Bonchev–Trinajstić information content (AvgIpc) is 2.79. The zero-order chi connectivity index (χ0) is 22.7. The van der Waals surface area contributed by atoms with Gasteiger partial charge in [0.15, 0.2) is 12.1 Å². The molecule has 10 heteroatoms. The first-order valence-electron chi connectivity index (χ1n) is 10.1. The van der Waals surface area contributed by atoms with Crippen molar-refractivity contribution in [1.82, 2.24) is 20.3 Å². The van der Waals surface area contributed by atoms with Gasteiger partial charge in [0, 0.05) is 31.6 Å². The maximum Gasteiger partial charge on any atom is 0.170 e. The van der Waals surface area contributed by atoms with Crippen molar-refractivity contribution < 1.29 is 19.0 Å². The number of aliphatic hydroxyl groups is 1. The van der Waals surface area contributed by atoms with Crippen LogP contribution in [-0.2, 0) is 11.2 Å². The highest BCUT2D eigenvalue weighted by Gasteiger charge is 2.31. The minimum atomic E-state index is -0.817. The van der Waals surface area contributed by atoms with Crippen LogP contribution in [0.15, 0.2) is 42.9 Å². The van der Waals surface area contributed by atoms with E-state index in [0.717, 1.165) is 11.3 Å². The highest BCUT2D eigenvalue weighted by Crippen LogP contribution is 2.33. The van der Waals surface area contributed by atoms with Gasteiger partial charge in [-0.15, -0.1) is 0 Å². The van der Waals surface area contributed by atoms with E-state index in [1.54, 1.807) is 31.6 Å². The molecule has 5 N–H and O–H groups in total. The molecule has 0 aliphatic carbocycles. The molecule has 0 amide bonds. The summed E-state index contributed by atoms with van der Waals surface area (Å²) in [5.41, 5.74) is 8.17. The van der Waals surface area contributed by atoms with Crippen molar-refractivity contribution in [3.63, 3.8) is 0 Å². The summed E-state index contributed by atoms with van der Waals surface area (Å²) < 4.78 is 21.0. The second-order valence-electron chi connectivity index (χ2n) is 7.37. The van der Waals surface area contributed by atoms with Crippen LogP contribution in [0.1, 0.15) is 34.1 Å². The number of aromatic nitrogens is 3. The van der Waals surface area contributed by atoms with E-state index in [1.165, 1.54) is 12.3 Å². The summed E-state index contributed by atoms with van der Waals surface area (Å²) in [6, 6.07) is 6.43. The van der Waals surface area contributed by atoms with Crippen LogP contribution < -0.4 is 16.4 Å². The molecule has 1 saturated heterocycles. The van der Waals surface area contributed by atoms with E-state index in [4.69, 9.17) is 10.5 Å². The summed E-state index contributed by atoms with van der Waals surface area (Å²) in [6.07, 6.45) is 3.88. The minimum absolute atomic E-state index is 0.0102. The molecule has 1 aliphatic rings. The predicted octanol–water partition coefficient (Wildman–Crippen LogP) is 2.05. The second kappa shape index (κ2) is 9.35. The van der Waals surface area contributed by atoms with Gasteiger partial charge in [0.05, 0.1) is 35.4 Å². The standard InChI is InChI=1S/C22H23FN6O3/c1-25-16-10-26-6-5-13(16)18-8-19(31)29-20(32-18)7-12-3-2-4-14(23)21(12)22-27-9-15(24)17(11-30)28-22/h2-6,9-11,18-20,25,29,31H,7-8,24H2,1H3. The number of rotatable bonds is 6. The normalized spacial score (nSPS) is 20.7. The van der Waals surface area contributed by atoms with Gasteiger partial charge in [-0.25, -0.2) is 14.4 Å². The van der Waals surface area contributed by atoms with E-state index in [9.17, 15) is 14.3 Å². The monoisotopic (exact) mass is 438 g/mol. The Morgan fingerprint density at radius 2 is 2.22 bits per heavy atom. The maximum absolute atomic E-state index is 14.8. The van der Waals surface area contributed by atoms with Crippen molar-refractivity contribution in [2.24, 2.45) is 0 Å². The van der Waals surface area contributed by atoms with Crippen LogP contribution in [0.2, 0.25) is 0 Å². The summed E-state index contributed by atoms with van der Waals surface area (Å²) in [7, 11) is 1.79. The van der Waals surface area contributed by atoms with Crippen molar-refractivity contribution >= 4 is 17.7 Å². The first-order valence-corrected chi connectivity index (χ1v) is 10.1. The molecule has 1 aromatic carbocycles. The van der Waals surface area contributed by atoms with Gasteiger partial charge in [0.1, 0.15) is 24.0 Å². The lowest BCUT2D eigenvalue weighted by molar-refractivity contribution is -0.121. The number of nitrogens with zero attached hydrogens (tertiary/aromatic N) is 3. The molecule has 0 radical (unpaired) electrons. The van der Waals surface area contributed by atoms with E-state index < -0.39 is 24.4 Å². The van der Waals surface area contributed by atoms with Crippen LogP contribution in [0, 0.1) is 5.82 Å². The lowest BCUT2D eigenvalue weighted by Gasteiger charge is -2.35. The van der Waals surface area contributed by atoms with Crippen LogP contribution in [0.25, 0.3) is 11.4 Å². The van der Waals surface area contributed by atoms with Crippen LogP contribution in [0.3, 0.4) is 0 Å². The zero-order valence-corrected chi connectivity index (χ0v) is 17.3. The van der Waals surface area contributed by atoms with E-state index in [2.05, 4.69) is 25.6 Å². The topological polar surface area (TPSA) is 135 Å². The summed E-state index contributed by atoms with van der Waals surface area (Å²) in [6.45, 7) is 0. The molecule has 0 bridgehead atoms. The molecule has 3 atom stereocenters. The SMILES string of the molecule is CNc1cnccc1C1CC(O)NC(Cc2cccc(F)c2-c2ncc(N)c(C=O)n2)O1. The molecule has 1 aliphatic heterocycles. The number of carbonyl (C=O) groups is 1.